The maximum Gasteiger partial charge on any atom is 0.243 e. The zero-order valence-corrected chi connectivity index (χ0v) is 28.8. The van der Waals surface area contributed by atoms with Gasteiger partial charge in [0, 0.05) is 56.4 Å². The number of pyridine rings is 1. The molecule has 5 heterocycles. The van der Waals surface area contributed by atoms with Crippen LogP contribution in [0.3, 0.4) is 0 Å². The summed E-state index contributed by atoms with van der Waals surface area (Å²) in [6.07, 6.45) is 12.1. The Labute approximate surface area is 279 Å². The van der Waals surface area contributed by atoms with Crippen LogP contribution in [0.4, 0.5) is 5.95 Å². The van der Waals surface area contributed by atoms with Gasteiger partial charge in [-0.05, 0) is 94.8 Å². The summed E-state index contributed by atoms with van der Waals surface area (Å²) in [7, 11) is -2.15. The average molecular weight is 665 g/mol. The molecule has 254 valence electrons. The smallest absolute Gasteiger partial charge is 0.243 e. The second-order valence-corrected chi connectivity index (χ2v) is 14.8. The molecule has 3 fully saturated rings. The molecule has 0 bridgehead atoms. The molecular formula is C35H48N6O5S. The third-order valence-electron chi connectivity index (χ3n) is 9.88. The molecule has 0 saturated carbocycles. The number of ether oxygens (including phenoxy) is 3. The summed E-state index contributed by atoms with van der Waals surface area (Å²) < 4.78 is 47.8. The maximum atomic E-state index is 14.0. The normalized spacial score (nSPS) is 20.7. The van der Waals surface area contributed by atoms with Crippen LogP contribution in [-0.4, -0.2) is 98.2 Å². The number of nitrogens with zero attached hydrogens (tertiary/aromatic N) is 6. The van der Waals surface area contributed by atoms with Crippen LogP contribution >= 0.6 is 0 Å². The fraction of sp³-hybridized carbons (Fsp3) is 0.571. The molecule has 0 radical (unpaired) electrons. The molecule has 0 amide bonds. The van der Waals surface area contributed by atoms with Gasteiger partial charge < -0.3 is 24.0 Å². The fourth-order valence-corrected chi connectivity index (χ4v) is 9.44. The van der Waals surface area contributed by atoms with Crippen molar-refractivity contribution in [2.75, 3.05) is 64.5 Å². The number of anilines is 1. The van der Waals surface area contributed by atoms with Gasteiger partial charge in [-0.25, -0.2) is 13.4 Å². The van der Waals surface area contributed by atoms with Crippen LogP contribution < -0.4 is 14.4 Å². The number of hydrogen-bond donors (Lipinski definition) is 0. The minimum atomic E-state index is -3.74. The highest BCUT2D eigenvalue weighted by molar-refractivity contribution is 7.89. The average Bonchev–Trinajstić information content (AvgIpc) is 3.61. The topological polar surface area (TPSA) is 110 Å². The molecular weight excluding hydrogens is 616 g/mol. The Morgan fingerprint density at radius 1 is 0.957 bits per heavy atom. The van der Waals surface area contributed by atoms with E-state index >= 15 is 0 Å². The largest absolute Gasteiger partial charge is 0.497 e. The highest BCUT2D eigenvalue weighted by atomic mass is 32.2. The van der Waals surface area contributed by atoms with Gasteiger partial charge in [0.05, 0.1) is 30.3 Å². The Morgan fingerprint density at radius 2 is 1.70 bits per heavy atom. The van der Waals surface area contributed by atoms with Crippen molar-refractivity contribution in [2.45, 2.75) is 75.3 Å². The van der Waals surface area contributed by atoms with Crippen molar-refractivity contribution in [3.8, 4) is 11.6 Å². The summed E-state index contributed by atoms with van der Waals surface area (Å²) in [5.41, 5.74) is 2.08. The van der Waals surface area contributed by atoms with Crippen LogP contribution in [0.2, 0.25) is 0 Å². The summed E-state index contributed by atoms with van der Waals surface area (Å²) in [4.78, 5) is 18.7. The van der Waals surface area contributed by atoms with E-state index in [4.69, 9.17) is 19.2 Å². The number of aromatic nitrogens is 3. The lowest BCUT2D eigenvalue weighted by molar-refractivity contribution is -0.0727. The molecule has 3 aromatic rings. The predicted molar refractivity (Wildman–Crippen MR) is 181 cm³/mol. The van der Waals surface area contributed by atoms with E-state index in [1.54, 1.807) is 42.0 Å². The van der Waals surface area contributed by atoms with Crippen LogP contribution in [0.15, 0.2) is 53.8 Å². The quantitative estimate of drug-likeness (QED) is 0.270. The number of likely N-dealkylation sites (tertiary alicyclic amines) is 1. The van der Waals surface area contributed by atoms with Crippen LogP contribution in [-0.2, 0) is 20.4 Å². The molecule has 0 aliphatic carbocycles. The molecule has 1 aromatic carbocycles. The van der Waals surface area contributed by atoms with Gasteiger partial charge in [0.1, 0.15) is 12.4 Å². The third kappa shape index (κ3) is 7.56. The van der Waals surface area contributed by atoms with Gasteiger partial charge in [-0.1, -0.05) is 12.5 Å². The van der Waals surface area contributed by atoms with E-state index in [2.05, 4.69) is 25.8 Å². The minimum absolute atomic E-state index is 0.221. The molecule has 0 N–H and O–H groups in total. The van der Waals surface area contributed by atoms with Gasteiger partial charge in [-0.3, -0.25) is 4.98 Å². The Morgan fingerprint density at radius 3 is 2.40 bits per heavy atom. The Bertz CT molecular complexity index is 1570. The SMILES string of the molecule is COc1cc(C)c(S(=O)(=O)N2CCCCC2COc2ccnc(N3CCC(OCCN4CCCC4)(c4cccnc4)CC3)n2)c(C)c1. The lowest BCUT2D eigenvalue weighted by Gasteiger charge is -2.42. The number of benzene rings is 1. The first-order valence-corrected chi connectivity index (χ1v) is 18.4. The van der Waals surface area contributed by atoms with E-state index < -0.39 is 15.6 Å². The van der Waals surface area contributed by atoms with Gasteiger partial charge in [-0.15, -0.1) is 0 Å². The lowest BCUT2D eigenvalue weighted by atomic mass is 9.85. The number of aryl methyl sites for hydroxylation is 2. The molecule has 3 aliphatic heterocycles. The summed E-state index contributed by atoms with van der Waals surface area (Å²) in [5.74, 6) is 1.70. The number of piperidine rings is 2. The second-order valence-electron chi connectivity index (χ2n) is 13.0. The molecule has 3 saturated heterocycles. The number of rotatable bonds is 12. The van der Waals surface area contributed by atoms with E-state index in [1.165, 1.54) is 12.8 Å². The zero-order chi connectivity index (χ0) is 32.9. The van der Waals surface area contributed by atoms with Crippen LogP contribution in [0.1, 0.15) is 61.6 Å². The Kier molecular flexibility index (Phi) is 10.6. The van der Waals surface area contributed by atoms with E-state index in [0.717, 1.165) is 70.4 Å². The van der Waals surface area contributed by atoms with Gasteiger partial charge >= 0.3 is 0 Å². The standard InChI is InChI=1S/C35H48N6O5S/c1-27-23-31(44-3)24-28(2)33(27)47(42,43)41-18-5-4-10-30(41)26-45-32-11-15-37-34(38-32)40-19-12-35(13-20-40,29-9-8-14-36-25-29)46-22-21-39-16-6-7-17-39/h8-9,11,14-15,23-25,30H,4-7,10,12-13,16-22,26H2,1-3H3. The molecule has 1 atom stereocenters. The molecule has 1 unspecified atom stereocenters. The Balaban J connectivity index is 1.11. The first-order chi connectivity index (χ1) is 22.8. The van der Waals surface area contributed by atoms with E-state index in [1.807, 2.05) is 26.1 Å². The molecule has 6 rings (SSSR count). The second kappa shape index (κ2) is 14.8. The van der Waals surface area contributed by atoms with Crippen LogP contribution in [0.5, 0.6) is 11.6 Å². The fourth-order valence-electron chi connectivity index (χ4n) is 7.35. The first kappa shape index (κ1) is 33.6. The summed E-state index contributed by atoms with van der Waals surface area (Å²) in [5, 5.41) is 0. The van der Waals surface area contributed by atoms with Crippen molar-refractivity contribution >= 4 is 16.0 Å². The third-order valence-corrected chi connectivity index (χ3v) is 12.1. The van der Waals surface area contributed by atoms with Crippen molar-refractivity contribution in [2.24, 2.45) is 0 Å². The zero-order valence-electron chi connectivity index (χ0n) is 27.9. The van der Waals surface area contributed by atoms with E-state index in [9.17, 15) is 8.42 Å². The Hall–Kier alpha value is -3.32. The van der Waals surface area contributed by atoms with Crippen molar-refractivity contribution in [1.29, 1.82) is 0 Å². The maximum absolute atomic E-state index is 14.0. The molecule has 2 aromatic heterocycles. The van der Waals surface area contributed by atoms with Gasteiger partial charge in [0.25, 0.3) is 0 Å². The minimum Gasteiger partial charge on any atom is -0.497 e. The van der Waals surface area contributed by atoms with Crippen molar-refractivity contribution in [1.82, 2.24) is 24.2 Å². The lowest BCUT2D eigenvalue weighted by Crippen LogP contribution is -2.47. The van der Waals surface area contributed by atoms with Crippen LogP contribution in [0.25, 0.3) is 0 Å². The number of sulfonamides is 1. The summed E-state index contributed by atoms with van der Waals surface area (Å²) in [6.45, 7) is 9.75. The summed E-state index contributed by atoms with van der Waals surface area (Å²) >= 11 is 0. The molecule has 3 aliphatic rings. The van der Waals surface area contributed by atoms with Crippen molar-refractivity contribution in [3.63, 3.8) is 0 Å². The highest BCUT2D eigenvalue weighted by Gasteiger charge is 2.39. The monoisotopic (exact) mass is 664 g/mol. The molecule has 11 nitrogen and oxygen atoms in total. The molecule has 12 heteroatoms. The predicted octanol–water partition coefficient (Wildman–Crippen LogP) is 4.73. The van der Waals surface area contributed by atoms with Crippen molar-refractivity contribution in [3.05, 3.63) is 65.6 Å². The molecule has 47 heavy (non-hydrogen) atoms. The number of methoxy groups -OCH3 is 1. The van der Waals surface area contributed by atoms with Gasteiger partial charge in [-0.2, -0.15) is 9.29 Å². The number of hydrogen-bond acceptors (Lipinski definition) is 10. The highest BCUT2D eigenvalue weighted by Crippen LogP contribution is 2.38. The van der Waals surface area contributed by atoms with Crippen molar-refractivity contribution < 1.29 is 22.6 Å². The summed E-state index contributed by atoms with van der Waals surface area (Å²) in [6, 6.07) is 9.11. The van der Waals surface area contributed by atoms with E-state index in [0.29, 0.717) is 46.8 Å². The van der Waals surface area contributed by atoms with Crippen LogP contribution in [0, 0.1) is 13.8 Å². The molecule has 0 spiro atoms. The van der Waals surface area contributed by atoms with E-state index in [-0.39, 0.29) is 12.6 Å². The van der Waals surface area contributed by atoms with Gasteiger partial charge in [0.2, 0.25) is 21.9 Å². The first-order valence-electron chi connectivity index (χ1n) is 16.9. The van der Waals surface area contributed by atoms with Gasteiger partial charge in [0.15, 0.2) is 0 Å².